The third-order valence-electron chi connectivity index (χ3n) is 3.84. The lowest BCUT2D eigenvalue weighted by molar-refractivity contribution is -0.143. The van der Waals surface area contributed by atoms with Gasteiger partial charge in [-0.3, -0.25) is 9.59 Å². The number of amides is 1. The summed E-state index contributed by atoms with van der Waals surface area (Å²) in [4.78, 5) is 29.6. The van der Waals surface area contributed by atoms with Gasteiger partial charge in [0.05, 0.1) is 11.6 Å². The lowest BCUT2D eigenvalue weighted by Gasteiger charge is -2.32. The monoisotopic (exact) mass is 350 g/mol. The van der Waals surface area contributed by atoms with E-state index in [0.717, 1.165) is 0 Å². The van der Waals surface area contributed by atoms with Crippen molar-refractivity contribution in [2.45, 2.75) is 19.8 Å². The highest BCUT2D eigenvalue weighted by Gasteiger charge is 2.26. The summed E-state index contributed by atoms with van der Waals surface area (Å²) in [5.74, 6) is -0.0260. The average molecular weight is 351 g/mol. The number of halogens is 1. The van der Waals surface area contributed by atoms with E-state index < -0.39 is 5.97 Å². The van der Waals surface area contributed by atoms with E-state index in [1.54, 1.807) is 19.1 Å². The van der Waals surface area contributed by atoms with Crippen LogP contribution in [0.2, 0.25) is 5.02 Å². The molecular weight excluding hydrogens is 332 g/mol. The molecule has 1 fully saturated rings. The van der Waals surface area contributed by atoms with Crippen LogP contribution in [0.4, 0.5) is 5.82 Å². The van der Waals surface area contributed by atoms with E-state index in [2.05, 4.69) is 10.3 Å². The Morgan fingerprint density at radius 2 is 2.17 bits per heavy atom. The van der Waals surface area contributed by atoms with Crippen molar-refractivity contribution in [2.24, 2.45) is 5.92 Å². The molecule has 2 heterocycles. The number of pyridine rings is 1. The first-order valence-corrected chi connectivity index (χ1v) is 8.17. The number of carbonyl (C=O) groups is 2. The Morgan fingerprint density at radius 1 is 1.46 bits per heavy atom. The third kappa shape index (κ3) is 4.59. The second-order valence-corrected chi connectivity index (χ2v) is 5.80. The number of rotatable bonds is 5. The number of esters is 1. The Hall–Kier alpha value is -2.33. The second kappa shape index (κ2) is 8.50. The van der Waals surface area contributed by atoms with E-state index in [-0.39, 0.29) is 24.1 Å². The van der Waals surface area contributed by atoms with Crippen molar-refractivity contribution in [3.8, 4) is 6.07 Å². The highest BCUT2D eigenvalue weighted by Crippen LogP contribution is 2.24. The number of carbonyl (C=O) groups excluding carboxylic acids is 2. The van der Waals surface area contributed by atoms with Gasteiger partial charge < -0.3 is 15.0 Å². The second-order valence-electron chi connectivity index (χ2n) is 5.40. The van der Waals surface area contributed by atoms with E-state index >= 15 is 0 Å². The van der Waals surface area contributed by atoms with Crippen molar-refractivity contribution in [3.63, 3.8) is 0 Å². The number of nitrogens with one attached hydrogen (secondary N) is 1. The van der Waals surface area contributed by atoms with Crippen molar-refractivity contribution in [1.29, 1.82) is 5.26 Å². The maximum atomic E-state index is 12.1. The Labute approximate surface area is 145 Å². The van der Waals surface area contributed by atoms with E-state index in [4.69, 9.17) is 21.6 Å². The molecule has 0 saturated carbocycles. The van der Waals surface area contributed by atoms with Crippen molar-refractivity contribution >= 4 is 29.3 Å². The summed E-state index contributed by atoms with van der Waals surface area (Å²) in [5.41, 5.74) is 0.198. The fourth-order valence-corrected chi connectivity index (χ4v) is 2.72. The number of piperidine rings is 1. The van der Waals surface area contributed by atoms with Gasteiger partial charge in [-0.1, -0.05) is 11.6 Å². The smallest absolute Gasteiger partial charge is 0.325 e. The SMILES string of the molecule is CCOC(=O)CNC(=O)C1CCN(c2ccc(Cl)c(C#N)n2)CC1. The van der Waals surface area contributed by atoms with Crippen molar-refractivity contribution in [1.82, 2.24) is 10.3 Å². The van der Waals surface area contributed by atoms with Gasteiger partial charge in [-0.05, 0) is 31.9 Å². The normalized spacial score (nSPS) is 14.8. The van der Waals surface area contributed by atoms with Gasteiger partial charge in [0.2, 0.25) is 5.91 Å². The fraction of sp³-hybridized carbons (Fsp3) is 0.500. The topological polar surface area (TPSA) is 95.3 Å². The van der Waals surface area contributed by atoms with E-state index in [9.17, 15) is 9.59 Å². The average Bonchev–Trinajstić information content (AvgIpc) is 2.60. The van der Waals surface area contributed by atoms with Crippen molar-refractivity contribution < 1.29 is 14.3 Å². The van der Waals surface area contributed by atoms with Crippen LogP contribution in [0.15, 0.2) is 12.1 Å². The molecule has 0 atom stereocenters. The first-order chi connectivity index (χ1) is 11.5. The molecule has 0 spiro atoms. The number of aromatic nitrogens is 1. The summed E-state index contributed by atoms with van der Waals surface area (Å²) in [6.45, 7) is 3.22. The Kier molecular flexibility index (Phi) is 6.38. The molecule has 0 aliphatic carbocycles. The molecule has 0 aromatic carbocycles. The van der Waals surface area contributed by atoms with Gasteiger partial charge in [0.1, 0.15) is 18.4 Å². The molecular formula is C16H19ClN4O3. The van der Waals surface area contributed by atoms with Gasteiger partial charge in [-0.25, -0.2) is 4.98 Å². The Balaban J connectivity index is 1.86. The van der Waals surface area contributed by atoms with Gasteiger partial charge in [-0.15, -0.1) is 0 Å². The molecule has 2 rings (SSSR count). The predicted molar refractivity (Wildman–Crippen MR) is 88.5 cm³/mol. The zero-order valence-electron chi connectivity index (χ0n) is 13.4. The van der Waals surface area contributed by atoms with Gasteiger partial charge in [-0.2, -0.15) is 5.26 Å². The maximum Gasteiger partial charge on any atom is 0.325 e. The van der Waals surface area contributed by atoms with E-state index in [1.165, 1.54) is 0 Å². The van der Waals surface area contributed by atoms with Crippen LogP contribution in [0.5, 0.6) is 0 Å². The van der Waals surface area contributed by atoms with Gasteiger partial charge in [0.15, 0.2) is 5.69 Å². The molecule has 1 amide bonds. The van der Waals surface area contributed by atoms with Crippen LogP contribution >= 0.6 is 11.6 Å². The number of nitrogens with zero attached hydrogens (tertiary/aromatic N) is 3. The molecule has 8 heteroatoms. The summed E-state index contributed by atoms with van der Waals surface area (Å²) in [5, 5.41) is 11.9. The van der Waals surface area contributed by atoms with Crippen LogP contribution in [0.1, 0.15) is 25.5 Å². The van der Waals surface area contributed by atoms with Crippen LogP contribution in [0.3, 0.4) is 0 Å². The molecule has 1 aromatic rings. The molecule has 0 unspecified atom stereocenters. The molecule has 1 saturated heterocycles. The molecule has 128 valence electrons. The summed E-state index contributed by atoms with van der Waals surface area (Å²) in [6.07, 6.45) is 1.31. The van der Waals surface area contributed by atoms with Gasteiger partial charge >= 0.3 is 5.97 Å². The number of anilines is 1. The van der Waals surface area contributed by atoms with Crippen LogP contribution in [0.25, 0.3) is 0 Å². The Morgan fingerprint density at radius 3 is 2.79 bits per heavy atom. The highest BCUT2D eigenvalue weighted by molar-refractivity contribution is 6.31. The van der Waals surface area contributed by atoms with Gasteiger partial charge in [0, 0.05) is 19.0 Å². The Bertz CT molecular complexity index is 651. The lowest BCUT2D eigenvalue weighted by atomic mass is 9.96. The van der Waals surface area contributed by atoms with E-state index in [1.807, 2.05) is 11.0 Å². The first-order valence-electron chi connectivity index (χ1n) is 7.80. The van der Waals surface area contributed by atoms with Crippen molar-refractivity contribution in [3.05, 3.63) is 22.8 Å². The summed E-state index contributed by atoms with van der Waals surface area (Å²) >= 11 is 5.89. The molecule has 1 aliphatic heterocycles. The number of nitriles is 1. The fourth-order valence-electron chi connectivity index (χ4n) is 2.57. The highest BCUT2D eigenvalue weighted by atomic mass is 35.5. The maximum absolute atomic E-state index is 12.1. The van der Waals surface area contributed by atoms with Crippen LogP contribution in [-0.4, -0.2) is 43.1 Å². The zero-order chi connectivity index (χ0) is 17.5. The van der Waals surface area contributed by atoms with Gasteiger partial charge in [0.25, 0.3) is 0 Å². The lowest BCUT2D eigenvalue weighted by Crippen LogP contribution is -2.42. The molecule has 24 heavy (non-hydrogen) atoms. The molecule has 0 radical (unpaired) electrons. The summed E-state index contributed by atoms with van der Waals surface area (Å²) in [6, 6.07) is 5.38. The molecule has 1 aromatic heterocycles. The minimum absolute atomic E-state index is 0.100. The summed E-state index contributed by atoms with van der Waals surface area (Å²) in [7, 11) is 0. The van der Waals surface area contributed by atoms with Crippen LogP contribution in [0, 0.1) is 17.2 Å². The molecule has 1 aliphatic rings. The molecule has 1 N–H and O–H groups in total. The quantitative estimate of drug-likeness (QED) is 0.808. The summed E-state index contributed by atoms with van der Waals surface area (Å²) < 4.78 is 4.78. The molecule has 7 nitrogen and oxygen atoms in total. The number of hydrogen-bond acceptors (Lipinski definition) is 6. The largest absolute Gasteiger partial charge is 0.465 e. The molecule has 0 bridgehead atoms. The van der Waals surface area contributed by atoms with Crippen LogP contribution in [-0.2, 0) is 14.3 Å². The number of hydrogen-bond donors (Lipinski definition) is 1. The minimum atomic E-state index is -0.433. The first kappa shape index (κ1) is 18.0. The predicted octanol–water partition coefficient (Wildman–Crippen LogP) is 1.50. The number of ether oxygens (including phenoxy) is 1. The zero-order valence-corrected chi connectivity index (χ0v) is 14.2. The van der Waals surface area contributed by atoms with Crippen LogP contribution < -0.4 is 10.2 Å². The minimum Gasteiger partial charge on any atom is -0.465 e. The van der Waals surface area contributed by atoms with E-state index in [0.29, 0.717) is 43.4 Å². The third-order valence-corrected chi connectivity index (χ3v) is 4.14. The standard InChI is InChI=1S/C16H19ClN4O3/c1-2-24-15(22)10-19-16(23)11-5-7-21(8-6-11)14-4-3-12(17)13(9-18)20-14/h3-4,11H,2,5-8,10H2,1H3,(H,19,23). The van der Waals surface area contributed by atoms with Crippen molar-refractivity contribution in [2.75, 3.05) is 31.1 Å².